The molecule has 3 aliphatic rings. The van der Waals surface area contributed by atoms with Gasteiger partial charge >= 0.3 is 0 Å². The van der Waals surface area contributed by atoms with E-state index in [4.69, 9.17) is 23.2 Å². The monoisotopic (exact) mass is 364 g/mol. The standard InChI is InChI=1S/C17H14Cl2N2O3/c1-7(22)20-15-11(18)5-10(6-12(15)19)21-16(23)13-8-2-3-9(4-8)14(13)17(21)24/h2-3,5-6,8-9,13-14H,4H2,1H3,(H,20,22). The molecule has 1 aromatic rings. The molecule has 2 aliphatic carbocycles. The topological polar surface area (TPSA) is 66.5 Å². The Hall–Kier alpha value is -1.85. The summed E-state index contributed by atoms with van der Waals surface area (Å²) in [6, 6.07) is 2.98. The number of fused-ring (bicyclic) bond motifs is 5. The number of imide groups is 1. The van der Waals surface area contributed by atoms with Crippen LogP contribution in [-0.2, 0) is 14.4 Å². The van der Waals surface area contributed by atoms with E-state index in [9.17, 15) is 14.4 Å². The second kappa shape index (κ2) is 5.33. The van der Waals surface area contributed by atoms with Crippen LogP contribution in [0.4, 0.5) is 11.4 Å². The van der Waals surface area contributed by atoms with E-state index in [0.717, 1.165) is 6.42 Å². The minimum absolute atomic E-state index is 0.144. The van der Waals surface area contributed by atoms with Crippen molar-refractivity contribution in [3.63, 3.8) is 0 Å². The Morgan fingerprint density at radius 3 is 2.04 bits per heavy atom. The number of hydrogen-bond acceptors (Lipinski definition) is 3. The smallest absolute Gasteiger partial charge is 0.238 e. The first-order valence-corrected chi connectivity index (χ1v) is 8.47. The molecule has 7 heteroatoms. The number of anilines is 2. The molecule has 5 nitrogen and oxygen atoms in total. The third-order valence-corrected chi connectivity index (χ3v) is 5.65. The van der Waals surface area contributed by atoms with Crippen LogP contribution in [0.3, 0.4) is 0 Å². The van der Waals surface area contributed by atoms with Gasteiger partial charge < -0.3 is 5.32 Å². The van der Waals surface area contributed by atoms with Crippen LogP contribution in [-0.4, -0.2) is 17.7 Å². The minimum atomic E-state index is -0.308. The molecule has 3 amide bonds. The Kier molecular flexibility index (Phi) is 3.48. The molecule has 124 valence electrons. The lowest BCUT2D eigenvalue weighted by Crippen LogP contribution is -2.32. The summed E-state index contributed by atoms with van der Waals surface area (Å²) in [4.78, 5) is 38.0. The van der Waals surface area contributed by atoms with Crippen molar-refractivity contribution in [2.75, 3.05) is 10.2 Å². The third kappa shape index (κ3) is 2.11. The van der Waals surface area contributed by atoms with Crippen LogP contribution in [0, 0.1) is 23.7 Å². The maximum absolute atomic E-state index is 12.8. The number of carbonyl (C=O) groups is 3. The van der Waals surface area contributed by atoms with Gasteiger partial charge in [0.25, 0.3) is 0 Å². The third-order valence-electron chi connectivity index (χ3n) is 5.06. The molecule has 4 unspecified atom stereocenters. The zero-order valence-corrected chi connectivity index (χ0v) is 14.3. The van der Waals surface area contributed by atoms with Gasteiger partial charge in [-0.3, -0.25) is 14.4 Å². The lowest BCUT2D eigenvalue weighted by atomic mass is 9.85. The first-order chi connectivity index (χ1) is 11.4. The molecule has 1 aliphatic heterocycles. The first-order valence-electron chi connectivity index (χ1n) is 7.71. The van der Waals surface area contributed by atoms with E-state index >= 15 is 0 Å². The van der Waals surface area contributed by atoms with Crippen molar-refractivity contribution in [3.05, 3.63) is 34.3 Å². The summed E-state index contributed by atoms with van der Waals surface area (Å²) >= 11 is 12.4. The Labute approximate surface area is 148 Å². The summed E-state index contributed by atoms with van der Waals surface area (Å²) < 4.78 is 0. The minimum Gasteiger partial charge on any atom is -0.324 e. The number of nitrogens with one attached hydrogen (secondary N) is 1. The molecule has 0 aromatic heterocycles. The van der Waals surface area contributed by atoms with Gasteiger partial charge in [-0.25, -0.2) is 4.90 Å². The second-order valence-corrected chi connectivity index (χ2v) is 7.29. The molecule has 1 heterocycles. The summed E-state index contributed by atoms with van der Waals surface area (Å²) in [5.74, 6) is -0.961. The molecule has 2 fully saturated rings. The van der Waals surface area contributed by atoms with Crippen molar-refractivity contribution >= 4 is 52.3 Å². The van der Waals surface area contributed by atoms with Gasteiger partial charge in [0, 0.05) is 6.92 Å². The number of amides is 3. The molecule has 0 spiro atoms. The maximum Gasteiger partial charge on any atom is 0.238 e. The Bertz CT molecular complexity index is 767. The summed E-state index contributed by atoms with van der Waals surface area (Å²) in [7, 11) is 0. The molecule has 0 radical (unpaired) electrons. The summed E-state index contributed by atoms with van der Waals surface area (Å²) in [6.45, 7) is 1.35. The molecule has 4 rings (SSSR count). The van der Waals surface area contributed by atoms with Crippen molar-refractivity contribution in [3.8, 4) is 0 Å². The highest BCUT2D eigenvalue weighted by molar-refractivity contribution is 6.40. The van der Waals surface area contributed by atoms with Gasteiger partial charge in [-0.1, -0.05) is 35.4 Å². The zero-order valence-electron chi connectivity index (χ0n) is 12.8. The number of allylic oxidation sites excluding steroid dienone is 2. The highest BCUT2D eigenvalue weighted by atomic mass is 35.5. The van der Waals surface area contributed by atoms with E-state index in [-0.39, 0.29) is 57.1 Å². The Balaban J connectivity index is 1.71. The molecule has 1 N–H and O–H groups in total. The summed E-state index contributed by atoms with van der Waals surface area (Å²) in [5.41, 5.74) is 0.624. The van der Waals surface area contributed by atoms with Crippen LogP contribution >= 0.6 is 23.2 Å². The molecule has 1 saturated carbocycles. The van der Waals surface area contributed by atoms with Crippen molar-refractivity contribution in [1.29, 1.82) is 0 Å². The Morgan fingerprint density at radius 1 is 1.08 bits per heavy atom. The second-order valence-electron chi connectivity index (χ2n) is 6.48. The fourth-order valence-corrected chi connectivity index (χ4v) is 4.71. The van der Waals surface area contributed by atoms with Crippen LogP contribution < -0.4 is 10.2 Å². The fraction of sp³-hybridized carbons (Fsp3) is 0.353. The number of hydrogen-bond donors (Lipinski definition) is 1. The average molecular weight is 365 g/mol. The molecule has 24 heavy (non-hydrogen) atoms. The quantitative estimate of drug-likeness (QED) is 0.646. The summed E-state index contributed by atoms with van der Waals surface area (Å²) in [5, 5.41) is 2.92. The van der Waals surface area contributed by atoms with E-state index in [1.807, 2.05) is 12.2 Å². The number of carbonyl (C=O) groups excluding carboxylic acids is 3. The van der Waals surface area contributed by atoms with Crippen LogP contribution in [0.5, 0.6) is 0 Å². The van der Waals surface area contributed by atoms with Gasteiger partial charge in [-0.05, 0) is 30.4 Å². The van der Waals surface area contributed by atoms with Crippen LogP contribution in [0.1, 0.15) is 13.3 Å². The fourth-order valence-electron chi connectivity index (χ4n) is 4.14. The first kappa shape index (κ1) is 15.7. The normalized spacial score (nSPS) is 30.2. The number of benzene rings is 1. The molecule has 1 aromatic carbocycles. The molecule has 2 bridgehead atoms. The number of rotatable bonds is 2. The van der Waals surface area contributed by atoms with E-state index in [1.54, 1.807) is 0 Å². The highest BCUT2D eigenvalue weighted by Gasteiger charge is 2.59. The SMILES string of the molecule is CC(=O)Nc1c(Cl)cc(N2C(=O)C3C4C=CC(C4)C3C2=O)cc1Cl. The van der Waals surface area contributed by atoms with Crippen molar-refractivity contribution in [2.45, 2.75) is 13.3 Å². The van der Waals surface area contributed by atoms with Crippen LogP contribution in [0.15, 0.2) is 24.3 Å². The molecular formula is C17H14Cl2N2O3. The van der Waals surface area contributed by atoms with E-state index in [2.05, 4.69) is 5.32 Å². The van der Waals surface area contributed by atoms with Crippen molar-refractivity contribution < 1.29 is 14.4 Å². The lowest BCUT2D eigenvalue weighted by Gasteiger charge is -2.19. The molecule has 4 atom stereocenters. The van der Waals surface area contributed by atoms with Gasteiger partial charge in [-0.2, -0.15) is 0 Å². The number of nitrogens with zero attached hydrogens (tertiary/aromatic N) is 1. The van der Waals surface area contributed by atoms with Crippen molar-refractivity contribution in [1.82, 2.24) is 0 Å². The molecule has 1 saturated heterocycles. The highest BCUT2D eigenvalue weighted by Crippen LogP contribution is 2.53. The van der Waals surface area contributed by atoms with E-state index in [0.29, 0.717) is 5.69 Å². The number of halogens is 2. The van der Waals surface area contributed by atoms with Gasteiger partial charge in [0.05, 0.1) is 33.3 Å². The van der Waals surface area contributed by atoms with E-state index in [1.165, 1.54) is 24.0 Å². The Morgan fingerprint density at radius 2 is 1.58 bits per heavy atom. The van der Waals surface area contributed by atoms with Crippen LogP contribution in [0.25, 0.3) is 0 Å². The predicted octanol–water partition coefficient (Wildman–Crippen LogP) is 3.26. The van der Waals surface area contributed by atoms with E-state index < -0.39 is 0 Å². The molecular weight excluding hydrogens is 351 g/mol. The van der Waals surface area contributed by atoms with Gasteiger partial charge in [-0.15, -0.1) is 0 Å². The van der Waals surface area contributed by atoms with Gasteiger partial charge in [0.15, 0.2) is 0 Å². The van der Waals surface area contributed by atoms with Crippen LogP contribution in [0.2, 0.25) is 10.0 Å². The zero-order chi connectivity index (χ0) is 17.2. The predicted molar refractivity (Wildman–Crippen MR) is 91.0 cm³/mol. The maximum atomic E-state index is 12.8. The van der Waals surface area contributed by atoms with Gasteiger partial charge in [0.2, 0.25) is 17.7 Å². The van der Waals surface area contributed by atoms with Gasteiger partial charge in [0.1, 0.15) is 0 Å². The lowest BCUT2D eigenvalue weighted by molar-refractivity contribution is -0.123. The largest absolute Gasteiger partial charge is 0.324 e. The summed E-state index contributed by atoms with van der Waals surface area (Å²) in [6.07, 6.45) is 4.96. The average Bonchev–Trinajstić information content (AvgIpc) is 3.17. The van der Waals surface area contributed by atoms with Crippen molar-refractivity contribution in [2.24, 2.45) is 23.7 Å².